The molecule has 0 aromatic heterocycles. The highest BCUT2D eigenvalue weighted by Crippen LogP contribution is 2.19. The zero-order valence-electron chi connectivity index (χ0n) is 17.6. The molecule has 1 aromatic carbocycles. The van der Waals surface area contributed by atoms with Gasteiger partial charge in [0.1, 0.15) is 5.60 Å². The van der Waals surface area contributed by atoms with Crippen LogP contribution in [0.1, 0.15) is 37.5 Å². The van der Waals surface area contributed by atoms with Crippen molar-refractivity contribution in [2.45, 2.75) is 52.7 Å². The van der Waals surface area contributed by atoms with E-state index in [1.165, 1.54) is 16.7 Å². The van der Waals surface area contributed by atoms with Crippen LogP contribution in [0.15, 0.2) is 23.2 Å². The fraction of sp³-hybridized carbons (Fsp3) is 0.619. The van der Waals surface area contributed by atoms with Gasteiger partial charge in [-0.05, 0) is 57.7 Å². The predicted octanol–water partition coefficient (Wildman–Crippen LogP) is 3.34. The van der Waals surface area contributed by atoms with Gasteiger partial charge in [-0.1, -0.05) is 18.2 Å². The predicted molar refractivity (Wildman–Crippen MR) is 124 cm³/mol. The molecular weight excluding hydrogens is 467 g/mol. The molecule has 2 aliphatic heterocycles. The van der Waals surface area contributed by atoms with Crippen LogP contribution in [0.4, 0.5) is 4.79 Å². The number of hydrogen-bond acceptors (Lipinski definition) is 5. The first-order valence-corrected chi connectivity index (χ1v) is 9.82. The van der Waals surface area contributed by atoms with Crippen molar-refractivity contribution in [3.63, 3.8) is 0 Å². The van der Waals surface area contributed by atoms with Crippen molar-refractivity contribution in [1.29, 1.82) is 0 Å². The van der Waals surface area contributed by atoms with Gasteiger partial charge < -0.3 is 19.9 Å². The Hall–Kier alpha value is -1.51. The van der Waals surface area contributed by atoms with Gasteiger partial charge in [-0.3, -0.25) is 4.99 Å². The van der Waals surface area contributed by atoms with Gasteiger partial charge in [0.15, 0.2) is 5.96 Å². The van der Waals surface area contributed by atoms with Crippen LogP contribution in [0, 0.1) is 13.8 Å². The van der Waals surface area contributed by atoms with E-state index in [1.54, 1.807) is 0 Å². The van der Waals surface area contributed by atoms with Gasteiger partial charge in [-0.15, -0.1) is 24.0 Å². The molecule has 1 fully saturated rings. The average Bonchev–Trinajstić information content (AvgIpc) is 2.98. The molecule has 1 amide bonds. The van der Waals surface area contributed by atoms with Crippen LogP contribution < -0.4 is 5.32 Å². The normalized spacial score (nSPS) is 18.9. The lowest BCUT2D eigenvalue weighted by atomic mass is 10.0. The minimum absolute atomic E-state index is 0. The van der Waals surface area contributed by atoms with E-state index in [0.717, 1.165) is 32.0 Å². The van der Waals surface area contributed by atoms with E-state index in [9.17, 15) is 4.79 Å². The molecule has 0 bridgehead atoms. The highest BCUT2D eigenvalue weighted by molar-refractivity contribution is 14.0. The fourth-order valence-electron chi connectivity index (χ4n) is 3.77. The number of hydrogen-bond donors (Lipinski definition) is 1. The van der Waals surface area contributed by atoms with E-state index in [2.05, 4.69) is 47.3 Å². The quantitative estimate of drug-likeness (QED) is 0.648. The Morgan fingerprint density at radius 1 is 1.25 bits per heavy atom. The van der Waals surface area contributed by atoms with E-state index in [-0.39, 0.29) is 36.1 Å². The number of aryl methyl sites for hydroxylation is 2. The lowest BCUT2D eigenvalue weighted by Gasteiger charge is -2.39. The standard InChI is InChI=1S/C21H32N4O2.HI/c1-15-7-6-8-16(2)18(15)9-10-22-19-23-13-17-14-24(11-12-25(17)19)20(26)27-21(3,4)5;/h6-8,17H,9-14H2,1-5H3,(H,22,23);1H. The number of nitrogens with zero attached hydrogens (tertiary/aromatic N) is 3. The second-order valence-electron chi connectivity index (χ2n) is 8.49. The van der Waals surface area contributed by atoms with Crippen LogP contribution in [0.25, 0.3) is 0 Å². The maximum absolute atomic E-state index is 12.3. The van der Waals surface area contributed by atoms with Gasteiger partial charge in [0, 0.05) is 26.2 Å². The Labute approximate surface area is 185 Å². The smallest absolute Gasteiger partial charge is 0.410 e. The molecule has 1 atom stereocenters. The summed E-state index contributed by atoms with van der Waals surface area (Å²) >= 11 is 0. The number of rotatable bonds is 3. The monoisotopic (exact) mass is 500 g/mol. The van der Waals surface area contributed by atoms with Crippen molar-refractivity contribution in [1.82, 2.24) is 15.1 Å². The summed E-state index contributed by atoms with van der Waals surface area (Å²) in [5.74, 6) is 0.968. The molecule has 28 heavy (non-hydrogen) atoms. The number of piperazine rings is 1. The van der Waals surface area contributed by atoms with Crippen LogP contribution in [0.2, 0.25) is 0 Å². The third kappa shape index (κ3) is 5.52. The second-order valence-corrected chi connectivity index (χ2v) is 8.49. The highest BCUT2D eigenvalue weighted by atomic mass is 127. The highest BCUT2D eigenvalue weighted by Gasteiger charge is 2.36. The van der Waals surface area contributed by atoms with Gasteiger partial charge in [-0.2, -0.15) is 0 Å². The molecule has 3 rings (SSSR count). The molecule has 1 saturated heterocycles. The Bertz CT molecular complexity index is 709. The Morgan fingerprint density at radius 3 is 2.57 bits per heavy atom. The van der Waals surface area contributed by atoms with Crippen molar-refractivity contribution in [3.05, 3.63) is 34.9 Å². The number of carbonyl (C=O) groups excluding carboxylic acids is 1. The van der Waals surface area contributed by atoms with Gasteiger partial charge in [-0.25, -0.2) is 4.79 Å². The summed E-state index contributed by atoms with van der Waals surface area (Å²) in [5.41, 5.74) is 3.64. The molecule has 7 heteroatoms. The van der Waals surface area contributed by atoms with Crippen LogP contribution in [-0.4, -0.2) is 66.2 Å². The third-order valence-electron chi connectivity index (χ3n) is 5.16. The molecule has 156 valence electrons. The number of guanidine groups is 1. The zero-order chi connectivity index (χ0) is 19.6. The first-order chi connectivity index (χ1) is 12.7. The number of fused-ring (bicyclic) bond motifs is 1. The average molecular weight is 500 g/mol. The molecule has 6 nitrogen and oxygen atoms in total. The van der Waals surface area contributed by atoms with E-state index >= 15 is 0 Å². The van der Waals surface area contributed by atoms with Gasteiger partial charge in [0.25, 0.3) is 0 Å². The van der Waals surface area contributed by atoms with Gasteiger partial charge >= 0.3 is 6.09 Å². The minimum atomic E-state index is -0.458. The summed E-state index contributed by atoms with van der Waals surface area (Å²) in [4.78, 5) is 21.1. The number of nitrogens with one attached hydrogen (secondary N) is 1. The fourth-order valence-corrected chi connectivity index (χ4v) is 3.77. The molecule has 1 aromatic rings. The SMILES string of the molecule is Cc1cccc(C)c1CCNC1=NCC2CN(C(=O)OC(C)(C)C)CCN12.I. The molecule has 0 spiro atoms. The van der Waals surface area contributed by atoms with E-state index in [0.29, 0.717) is 13.1 Å². The summed E-state index contributed by atoms with van der Waals surface area (Å²) in [6.45, 7) is 13.8. The Balaban J connectivity index is 0.00000280. The summed E-state index contributed by atoms with van der Waals surface area (Å²) in [6, 6.07) is 6.69. The lowest BCUT2D eigenvalue weighted by Crippen LogP contribution is -2.57. The molecule has 1 unspecified atom stereocenters. The Kier molecular flexibility index (Phi) is 7.59. The summed E-state index contributed by atoms with van der Waals surface area (Å²) < 4.78 is 5.50. The van der Waals surface area contributed by atoms with Crippen molar-refractivity contribution < 1.29 is 9.53 Å². The van der Waals surface area contributed by atoms with Gasteiger partial charge in [0.05, 0.1) is 12.6 Å². The second kappa shape index (κ2) is 9.33. The van der Waals surface area contributed by atoms with E-state index in [1.807, 2.05) is 25.7 Å². The van der Waals surface area contributed by atoms with Gasteiger partial charge in [0.2, 0.25) is 0 Å². The maximum atomic E-state index is 12.3. The molecule has 0 saturated carbocycles. The lowest BCUT2D eigenvalue weighted by molar-refractivity contribution is 0.0137. The summed E-state index contributed by atoms with van der Waals surface area (Å²) in [5, 5.41) is 3.51. The van der Waals surface area contributed by atoms with Crippen LogP contribution in [-0.2, 0) is 11.2 Å². The van der Waals surface area contributed by atoms with Crippen LogP contribution in [0.5, 0.6) is 0 Å². The van der Waals surface area contributed by atoms with E-state index in [4.69, 9.17) is 4.74 Å². The number of amides is 1. The van der Waals surface area contributed by atoms with Crippen molar-refractivity contribution in [3.8, 4) is 0 Å². The largest absolute Gasteiger partial charge is 0.444 e. The number of ether oxygens (including phenoxy) is 1. The Morgan fingerprint density at radius 2 is 1.93 bits per heavy atom. The number of aliphatic imine (C=N–C) groups is 1. The topological polar surface area (TPSA) is 57.2 Å². The molecule has 1 N–H and O–H groups in total. The molecule has 0 aliphatic carbocycles. The summed E-state index contributed by atoms with van der Waals surface area (Å²) in [7, 11) is 0. The molecule has 2 heterocycles. The van der Waals surface area contributed by atoms with Crippen LogP contribution in [0.3, 0.4) is 0 Å². The first-order valence-electron chi connectivity index (χ1n) is 9.82. The summed E-state index contributed by atoms with van der Waals surface area (Å²) in [6.07, 6.45) is 0.763. The van der Waals surface area contributed by atoms with Crippen LogP contribution >= 0.6 is 24.0 Å². The number of carbonyl (C=O) groups is 1. The molecule has 0 radical (unpaired) electrons. The number of halogens is 1. The number of benzene rings is 1. The van der Waals surface area contributed by atoms with E-state index < -0.39 is 5.60 Å². The molecule has 2 aliphatic rings. The first kappa shape index (κ1) is 22.8. The van der Waals surface area contributed by atoms with Crippen molar-refractivity contribution in [2.75, 3.05) is 32.7 Å². The third-order valence-corrected chi connectivity index (χ3v) is 5.16. The maximum Gasteiger partial charge on any atom is 0.410 e. The zero-order valence-corrected chi connectivity index (χ0v) is 19.9. The molecular formula is C21H33IN4O2. The van der Waals surface area contributed by atoms with Crippen molar-refractivity contribution in [2.24, 2.45) is 4.99 Å². The van der Waals surface area contributed by atoms with Crippen molar-refractivity contribution >= 4 is 36.0 Å². The minimum Gasteiger partial charge on any atom is -0.444 e.